The summed E-state index contributed by atoms with van der Waals surface area (Å²) in [6, 6.07) is 0. The number of carbonyl (C=O) groups excluding carboxylic acids is 1. The fourth-order valence-electron chi connectivity index (χ4n) is 2.28. The highest BCUT2D eigenvalue weighted by molar-refractivity contribution is 5.77. The van der Waals surface area contributed by atoms with Crippen LogP contribution < -0.4 is 0 Å². The summed E-state index contributed by atoms with van der Waals surface area (Å²) in [6.45, 7) is 3.61. The van der Waals surface area contributed by atoms with Gasteiger partial charge in [0.25, 0.3) is 0 Å². The number of rotatable bonds is 3. The van der Waals surface area contributed by atoms with E-state index in [0.29, 0.717) is 0 Å². The number of hydrogen-bond donors (Lipinski definition) is 4. The molecule has 0 aromatic heterocycles. The minimum Gasteiger partial charge on any atom is -0.463 e. The van der Waals surface area contributed by atoms with Crippen LogP contribution in [-0.2, 0) is 19.0 Å². The van der Waals surface area contributed by atoms with Crippen molar-refractivity contribution in [2.45, 2.75) is 50.7 Å². The van der Waals surface area contributed by atoms with Crippen LogP contribution in [0.15, 0.2) is 0 Å². The van der Waals surface area contributed by atoms with E-state index in [0.717, 1.165) is 0 Å². The smallest absolute Gasteiger partial charge is 0.335 e. The van der Waals surface area contributed by atoms with Crippen LogP contribution in [0.3, 0.4) is 0 Å². The molecule has 0 saturated carbocycles. The maximum Gasteiger partial charge on any atom is 0.335 e. The Kier molecular flexibility index (Phi) is 4.33. The first-order valence-corrected chi connectivity index (χ1v) is 6.40. The second-order valence-corrected chi connectivity index (χ2v) is 5.85. The molecule has 20 heavy (non-hydrogen) atoms. The second-order valence-electron chi connectivity index (χ2n) is 5.85. The van der Waals surface area contributed by atoms with Gasteiger partial charge in [-0.05, 0) is 0 Å². The molecule has 0 bridgehead atoms. The van der Waals surface area contributed by atoms with E-state index < -0.39 is 48.2 Å². The van der Waals surface area contributed by atoms with Gasteiger partial charge in [-0.15, -0.1) is 0 Å². The molecule has 0 aromatic carbocycles. The number of cyclic esters (lactones) is 1. The van der Waals surface area contributed by atoms with Crippen molar-refractivity contribution in [1.29, 1.82) is 0 Å². The summed E-state index contributed by atoms with van der Waals surface area (Å²) in [7, 11) is 0. The highest BCUT2D eigenvalue weighted by atomic mass is 16.7. The van der Waals surface area contributed by atoms with Gasteiger partial charge in [-0.2, -0.15) is 0 Å². The van der Waals surface area contributed by atoms with Crippen molar-refractivity contribution in [3.63, 3.8) is 0 Å². The third kappa shape index (κ3) is 2.80. The van der Waals surface area contributed by atoms with Gasteiger partial charge >= 0.3 is 5.97 Å². The first-order chi connectivity index (χ1) is 9.24. The molecule has 0 spiro atoms. The Morgan fingerprint density at radius 1 is 1.20 bits per heavy atom. The molecule has 0 amide bonds. The Morgan fingerprint density at radius 2 is 1.85 bits per heavy atom. The van der Waals surface area contributed by atoms with Crippen molar-refractivity contribution >= 4 is 5.97 Å². The summed E-state index contributed by atoms with van der Waals surface area (Å²) >= 11 is 0. The molecule has 2 aliphatic heterocycles. The zero-order chi connectivity index (χ0) is 15.1. The molecule has 2 fully saturated rings. The highest BCUT2D eigenvalue weighted by Crippen LogP contribution is 2.31. The van der Waals surface area contributed by atoms with Crippen molar-refractivity contribution in [2.75, 3.05) is 13.2 Å². The number of hydrogen-bond acceptors (Lipinski definition) is 8. The predicted molar refractivity (Wildman–Crippen MR) is 63.4 cm³/mol. The van der Waals surface area contributed by atoms with Gasteiger partial charge in [-0.25, -0.2) is 4.79 Å². The Bertz CT molecular complexity index is 370. The van der Waals surface area contributed by atoms with Crippen molar-refractivity contribution in [3.05, 3.63) is 0 Å². The van der Waals surface area contributed by atoms with Gasteiger partial charge in [0.15, 0.2) is 12.4 Å². The molecule has 0 aliphatic carbocycles. The SMILES string of the molecule is CC1(C)COC(=O)[C@@H]1OC[C@H]1O[C@@H](O)[C@H](O)[C@@H](O)[C@@H]1O. The Morgan fingerprint density at radius 3 is 2.40 bits per heavy atom. The van der Waals surface area contributed by atoms with E-state index in [-0.39, 0.29) is 13.2 Å². The van der Waals surface area contributed by atoms with Crippen LogP contribution in [-0.4, -0.2) is 76.4 Å². The van der Waals surface area contributed by atoms with Gasteiger partial charge in [0.2, 0.25) is 0 Å². The van der Waals surface area contributed by atoms with Gasteiger partial charge in [0, 0.05) is 5.41 Å². The van der Waals surface area contributed by atoms with E-state index in [2.05, 4.69) is 0 Å². The predicted octanol–water partition coefficient (Wildman–Crippen LogP) is -2.25. The standard InChI is InChI=1S/C12H20O8/c1-12(2)4-19-11(17)9(12)18-3-5-6(13)7(14)8(15)10(16)20-5/h5-10,13-16H,3-4H2,1-2H3/t5-,6-,7+,8-,9+,10-/m1/s1. The van der Waals surface area contributed by atoms with E-state index in [1.165, 1.54) is 0 Å². The lowest BCUT2D eigenvalue weighted by Crippen LogP contribution is -2.59. The highest BCUT2D eigenvalue weighted by Gasteiger charge is 2.47. The van der Waals surface area contributed by atoms with Crippen molar-refractivity contribution in [2.24, 2.45) is 5.41 Å². The summed E-state index contributed by atoms with van der Waals surface area (Å²) in [5.41, 5.74) is -0.506. The maximum absolute atomic E-state index is 11.5. The van der Waals surface area contributed by atoms with Crippen LogP contribution in [0, 0.1) is 5.41 Å². The molecule has 8 nitrogen and oxygen atoms in total. The summed E-state index contributed by atoms with van der Waals surface area (Å²) in [5.74, 6) is -0.499. The Balaban J connectivity index is 1.95. The Labute approximate surface area is 115 Å². The van der Waals surface area contributed by atoms with Crippen molar-refractivity contribution in [1.82, 2.24) is 0 Å². The summed E-state index contributed by atoms with van der Waals surface area (Å²) in [4.78, 5) is 11.5. The van der Waals surface area contributed by atoms with E-state index in [1.807, 2.05) is 0 Å². The zero-order valence-electron chi connectivity index (χ0n) is 11.3. The van der Waals surface area contributed by atoms with E-state index in [1.54, 1.807) is 13.8 Å². The summed E-state index contributed by atoms with van der Waals surface area (Å²) in [6.07, 6.45) is -8.03. The molecule has 2 aliphatic rings. The summed E-state index contributed by atoms with van der Waals surface area (Å²) in [5, 5.41) is 38.0. The van der Waals surface area contributed by atoms with Gasteiger partial charge in [-0.1, -0.05) is 13.8 Å². The van der Waals surface area contributed by atoms with E-state index in [9.17, 15) is 25.2 Å². The molecule has 116 valence electrons. The third-order valence-corrected chi connectivity index (χ3v) is 3.62. The first-order valence-electron chi connectivity index (χ1n) is 6.40. The van der Waals surface area contributed by atoms with Gasteiger partial charge in [-0.3, -0.25) is 0 Å². The molecule has 0 aromatic rings. The normalized spacial score (nSPS) is 44.4. The molecule has 6 atom stereocenters. The zero-order valence-corrected chi connectivity index (χ0v) is 11.3. The maximum atomic E-state index is 11.5. The average molecular weight is 292 g/mol. The lowest BCUT2D eigenvalue weighted by Gasteiger charge is -2.38. The van der Waals surface area contributed by atoms with Crippen LogP contribution in [0.1, 0.15) is 13.8 Å². The largest absolute Gasteiger partial charge is 0.463 e. The number of aliphatic hydroxyl groups is 4. The molecule has 0 radical (unpaired) electrons. The van der Waals surface area contributed by atoms with Gasteiger partial charge in [0.1, 0.15) is 24.4 Å². The molecule has 2 saturated heterocycles. The van der Waals surface area contributed by atoms with Crippen LogP contribution in [0.4, 0.5) is 0 Å². The molecular weight excluding hydrogens is 272 g/mol. The van der Waals surface area contributed by atoms with E-state index >= 15 is 0 Å². The molecule has 4 N–H and O–H groups in total. The number of aliphatic hydroxyl groups excluding tert-OH is 4. The number of carbonyl (C=O) groups is 1. The minimum absolute atomic E-state index is 0.217. The van der Waals surface area contributed by atoms with Crippen molar-refractivity contribution in [3.8, 4) is 0 Å². The van der Waals surface area contributed by atoms with Crippen LogP contribution in [0.2, 0.25) is 0 Å². The summed E-state index contributed by atoms with van der Waals surface area (Å²) < 4.78 is 15.3. The Hall–Kier alpha value is -0.770. The molecule has 2 rings (SSSR count). The van der Waals surface area contributed by atoms with Gasteiger partial charge < -0.3 is 34.6 Å². The number of esters is 1. The van der Waals surface area contributed by atoms with Crippen LogP contribution in [0.5, 0.6) is 0 Å². The lowest BCUT2D eigenvalue weighted by atomic mass is 9.89. The van der Waals surface area contributed by atoms with E-state index in [4.69, 9.17) is 14.2 Å². The van der Waals surface area contributed by atoms with Crippen LogP contribution >= 0.6 is 0 Å². The van der Waals surface area contributed by atoms with Gasteiger partial charge in [0.05, 0.1) is 13.2 Å². The fourth-order valence-corrected chi connectivity index (χ4v) is 2.28. The third-order valence-electron chi connectivity index (χ3n) is 3.62. The first kappa shape index (κ1) is 15.6. The van der Waals surface area contributed by atoms with Crippen molar-refractivity contribution < 1.29 is 39.4 Å². The monoisotopic (exact) mass is 292 g/mol. The molecule has 8 heteroatoms. The quantitative estimate of drug-likeness (QED) is 0.430. The van der Waals surface area contributed by atoms with Crippen LogP contribution in [0.25, 0.3) is 0 Å². The lowest BCUT2D eigenvalue weighted by molar-refractivity contribution is -0.290. The topological polar surface area (TPSA) is 126 Å². The minimum atomic E-state index is -1.62. The number of ether oxygens (including phenoxy) is 3. The molecule has 0 unspecified atom stereocenters. The average Bonchev–Trinajstić information content (AvgIpc) is 2.64. The second kappa shape index (κ2) is 5.55. The molecular formula is C12H20O8. The fraction of sp³-hybridized carbons (Fsp3) is 0.917. The molecule has 2 heterocycles.